The molecule has 0 spiro atoms. The smallest absolute Gasteiger partial charge is 0.295 e. The minimum Gasteiger partial charge on any atom is -0.507 e. The Balaban J connectivity index is 1.74. The first kappa shape index (κ1) is 24.3. The lowest BCUT2D eigenvalue weighted by molar-refractivity contribution is -0.139. The molecular formula is C27H30N2O6. The number of carbonyl (C=O) groups excluding carboxylic acids is 2. The van der Waals surface area contributed by atoms with Crippen LogP contribution >= 0.6 is 0 Å². The Bertz CT molecular complexity index is 1140. The predicted octanol–water partition coefficient (Wildman–Crippen LogP) is 3.40. The number of nitrogens with zero attached hydrogens (tertiary/aromatic N) is 2. The van der Waals surface area contributed by atoms with Gasteiger partial charge in [0.2, 0.25) is 0 Å². The molecule has 0 radical (unpaired) electrons. The van der Waals surface area contributed by atoms with Crippen molar-refractivity contribution in [1.82, 2.24) is 9.80 Å². The number of hydrogen-bond acceptors (Lipinski definition) is 7. The molecular weight excluding hydrogens is 448 g/mol. The zero-order valence-electron chi connectivity index (χ0n) is 20.0. The molecule has 1 atom stereocenters. The van der Waals surface area contributed by atoms with Crippen molar-refractivity contribution in [2.45, 2.75) is 12.5 Å². The molecule has 2 aliphatic rings. The Labute approximate surface area is 205 Å². The van der Waals surface area contributed by atoms with Gasteiger partial charge >= 0.3 is 0 Å². The molecule has 1 fully saturated rings. The molecule has 2 aromatic rings. The van der Waals surface area contributed by atoms with Crippen LogP contribution in [-0.4, -0.2) is 73.6 Å². The highest BCUT2D eigenvalue weighted by Gasteiger charge is 2.45. The third-order valence-corrected chi connectivity index (χ3v) is 5.92. The molecule has 184 valence electrons. The summed E-state index contributed by atoms with van der Waals surface area (Å²) < 4.78 is 16.8. The number of aliphatic hydroxyl groups is 1. The molecule has 0 aromatic heterocycles. The van der Waals surface area contributed by atoms with Crippen molar-refractivity contribution in [2.24, 2.45) is 0 Å². The van der Waals surface area contributed by atoms with Crippen LogP contribution < -0.4 is 14.2 Å². The average molecular weight is 479 g/mol. The number of ketones is 1. The number of hydrogen-bond donors (Lipinski definition) is 1. The summed E-state index contributed by atoms with van der Waals surface area (Å²) in [6.07, 6.45) is 2.34. The number of fused-ring (bicyclic) bond motifs is 1. The monoisotopic (exact) mass is 478 g/mol. The normalized spacial score (nSPS) is 18.7. The number of benzene rings is 2. The van der Waals surface area contributed by atoms with E-state index in [0.717, 1.165) is 6.54 Å². The highest BCUT2D eigenvalue weighted by atomic mass is 16.6. The van der Waals surface area contributed by atoms with Gasteiger partial charge in [0.1, 0.15) is 31.3 Å². The molecule has 4 rings (SSSR count). The van der Waals surface area contributed by atoms with E-state index in [4.69, 9.17) is 14.2 Å². The topological polar surface area (TPSA) is 88.5 Å². The average Bonchev–Trinajstić information content (AvgIpc) is 3.12. The first-order chi connectivity index (χ1) is 16.9. The van der Waals surface area contributed by atoms with Crippen molar-refractivity contribution in [2.75, 3.05) is 47.0 Å². The van der Waals surface area contributed by atoms with Crippen LogP contribution in [0, 0.1) is 0 Å². The zero-order valence-corrected chi connectivity index (χ0v) is 20.0. The van der Waals surface area contributed by atoms with Gasteiger partial charge in [-0.15, -0.1) is 0 Å². The Kier molecular flexibility index (Phi) is 7.41. The molecule has 2 heterocycles. The highest BCUT2D eigenvalue weighted by Crippen LogP contribution is 2.41. The number of aliphatic hydroxyl groups excluding tert-OH is 1. The standard InChI is InChI=1S/C27H30N2O6/c1-4-14-33-20-9-6-18(7-10-20)24-23(26(31)27(32)29(24)13-5-12-28(2)3)25(30)19-8-11-21-22(17-19)35-16-15-34-21/h4,6-11,17,24,30H,1,5,12-16H2,2-3H3/b25-23+/t24-/m1/s1. The van der Waals surface area contributed by atoms with E-state index in [-0.39, 0.29) is 11.3 Å². The van der Waals surface area contributed by atoms with E-state index < -0.39 is 17.7 Å². The molecule has 8 heteroatoms. The Morgan fingerprint density at radius 1 is 1.14 bits per heavy atom. The van der Waals surface area contributed by atoms with Gasteiger partial charge in [-0.25, -0.2) is 0 Å². The Hall–Kier alpha value is -3.78. The number of carbonyl (C=O) groups is 2. The molecule has 0 saturated carbocycles. The van der Waals surface area contributed by atoms with Gasteiger partial charge in [-0.05, 0) is 63.0 Å². The third-order valence-electron chi connectivity index (χ3n) is 5.92. The second-order valence-corrected chi connectivity index (χ2v) is 8.68. The number of likely N-dealkylation sites (tertiary alicyclic amines) is 1. The van der Waals surface area contributed by atoms with Crippen LogP contribution in [0.25, 0.3) is 5.76 Å². The summed E-state index contributed by atoms with van der Waals surface area (Å²) in [6, 6.07) is 11.4. The van der Waals surface area contributed by atoms with E-state index in [0.29, 0.717) is 61.2 Å². The number of ether oxygens (including phenoxy) is 3. The van der Waals surface area contributed by atoms with E-state index in [1.807, 2.05) is 31.1 Å². The van der Waals surface area contributed by atoms with Gasteiger partial charge in [0.15, 0.2) is 11.5 Å². The van der Waals surface area contributed by atoms with Crippen LogP contribution in [0.3, 0.4) is 0 Å². The van der Waals surface area contributed by atoms with Gasteiger partial charge in [-0.1, -0.05) is 24.8 Å². The maximum Gasteiger partial charge on any atom is 0.295 e. The third kappa shape index (κ3) is 5.17. The summed E-state index contributed by atoms with van der Waals surface area (Å²) in [6.45, 7) is 5.99. The van der Waals surface area contributed by atoms with Crippen molar-refractivity contribution in [3.05, 3.63) is 71.8 Å². The zero-order chi connectivity index (χ0) is 24.9. The molecule has 1 amide bonds. The second-order valence-electron chi connectivity index (χ2n) is 8.68. The van der Waals surface area contributed by atoms with Gasteiger partial charge in [0.05, 0.1) is 11.6 Å². The molecule has 35 heavy (non-hydrogen) atoms. The maximum atomic E-state index is 13.2. The van der Waals surface area contributed by atoms with Crippen molar-refractivity contribution in [3.8, 4) is 17.2 Å². The minimum absolute atomic E-state index is 0.0521. The first-order valence-electron chi connectivity index (χ1n) is 11.6. The Morgan fingerprint density at radius 3 is 2.54 bits per heavy atom. The van der Waals surface area contributed by atoms with E-state index in [2.05, 4.69) is 6.58 Å². The van der Waals surface area contributed by atoms with E-state index in [1.165, 1.54) is 4.90 Å². The molecule has 1 saturated heterocycles. The van der Waals surface area contributed by atoms with Crippen LogP contribution in [0.15, 0.2) is 60.7 Å². The van der Waals surface area contributed by atoms with Crippen molar-refractivity contribution < 1.29 is 28.9 Å². The Morgan fingerprint density at radius 2 is 1.86 bits per heavy atom. The molecule has 1 N–H and O–H groups in total. The summed E-state index contributed by atoms with van der Waals surface area (Å²) >= 11 is 0. The fourth-order valence-electron chi connectivity index (χ4n) is 4.26. The lowest BCUT2D eigenvalue weighted by Crippen LogP contribution is -2.32. The van der Waals surface area contributed by atoms with Gasteiger partial charge < -0.3 is 29.1 Å². The first-order valence-corrected chi connectivity index (χ1v) is 11.6. The summed E-state index contributed by atoms with van der Waals surface area (Å²) in [4.78, 5) is 29.8. The van der Waals surface area contributed by atoms with Crippen LogP contribution in [0.1, 0.15) is 23.6 Å². The fourth-order valence-corrected chi connectivity index (χ4v) is 4.26. The molecule has 8 nitrogen and oxygen atoms in total. The fraction of sp³-hybridized carbons (Fsp3) is 0.333. The summed E-state index contributed by atoms with van der Waals surface area (Å²) in [7, 11) is 3.91. The van der Waals surface area contributed by atoms with Crippen molar-refractivity contribution in [1.29, 1.82) is 0 Å². The SMILES string of the molecule is C=CCOc1ccc([C@@H]2/C(=C(\O)c3ccc4c(c3)OCCO4)C(=O)C(=O)N2CCCN(C)C)cc1. The molecule has 2 aromatic carbocycles. The lowest BCUT2D eigenvalue weighted by atomic mass is 9.95. The van der Waals surface area contributed by atoms with Crippen LogP contribution in [0.2, 0.25) is 0 Å². The van der Waals surface area contributed by atoms with Gasteiger partial charge in [-0.2, -0.15) is 0 Å². The summed E-state index contributed by atoms with van der Waals surface area (Å²) in [5.74, 6) is 0.126. The van der Waals surface area contributed by atoms with E-state index >= 15 is 0 Å². The van der Waals surface area contributed by atoms with Gasteiger partial charge in [0.25, 0.3) is 11.7 Å². The number of rotatable bonds is 9. The largest absolute Gasteiger partial charge is 0.507 e. The van der Waals surface area contributed by atoms with E-state index in [1.54, 1.807) is 36.4 Å². The second kappa shape index (κ2) is 10.7. The lowest BCUT2D eigenvalue weighted by Gasteiger charge is -2.26. The maximum absolute atomic E-state index is 13.2. The minimum atomic E-state index is -0.723. The molecule has 2 aliphatic heterocycles. The molecule has 0 bridgehead atoms. The van der Waals surface area contributed by atoms with Crippen molar-refractivity contribution in [3.63, 3.8) is 0 Å². The number of Topliss-reactive ketones (excluding diaryl/α,β-unsaturated/α-hetero) is 1. The van der Waals surface area contributed by atoms with E-state index in [9.17, 15) is 14.7 Å². The predicted molar refractivity (Wildman–Crippen MR) is 132 cm³/mol. The number of amides is 1. The molecule has 0 unspecified atom stereocenters. The van der Waals surface area contributed by atoms with Crippen LogP contribution in [0.4, 0.5) is 0 Å². The van der Waals surface area contributed by atoms with Crippen LogP contribution in [0.5, 0.6) is 17.2 Å². The summed E-state index contributed by atoms with van der Waals surface area (Å²) in [5.41, 5.74) is 1.15. The quantitative estimate of drug-likeness (QED) is 0.256. The summed E-state index contributed by atoms with van der Waals surface area (Å²) in [5, 5.41) is 11.3. The van der Waals surface area contributed by atoms with Crippen molar-refractivity contribution >= 4 is 17.4 Å². The molecule has 0 aliphatic carbocycles. The van der Waals surface area contributed by atoms with Gasteiger partial charge in [0, 0.05) is 12.1 Å². The highest BCUT2D eigenvalue weighted by molar-refractivity contribution is 6.46. The van der Waals surface area contributed by atoms with Gasteiger partial charge in [-0.3, -0.25) is 9.59 Å². The van der Waals surface area contributed by atoms with Crippen LogP contribution in [-0.2, 0) is 9.59 Å².